The van der Waals surface area contributed by atoms with Gasteiger partial charge in [0.15, 0.2) is 12.1 Å². The summed E-state index contributed by atoms with van der Waals surface area (Å²) in [5.74, 6) is -0.0326. The summed E-state index contributed by atoms with van der Waals surface area (Å²) in [5, 5.41) is 0. The Hall–Kier alpha value is -3.33. The van der Waals surface area contributed by atoms with E-state index in [9.17, 15) is 4.79 Å². The molecular formula is C32H34O7. The Morgan fingerprint density at radius 1 is 0.692 bits per heavy atom. The number of allylic oxidation sites excluding steroid dienone is 1. The van der Waals surface area contributed by atoms with Crippen molar-refractivity contribution in [2.24, 2.45) is 0 Å². The molecule has 3 aromatic rings. The van der Waals surface area contributed by atoms with Gasteiger partial charge in [-0.3, -0.25) is 4.79 Å². The molecule has 3 aromatic carbocycles. The van der Waals surface area contributed by atoms with E-state index in [1.165, 1.54) is 12.3 Å². The molecule has 0 amide bonds. The first kappa shape index (κ1) is 27.2. The maximum absolute atomic E-state index is 12.3. The molecule has 7 nitrogen and oxygen atoms in total. The van der Waals surface area contributed by atoms with Crippen LogP contribution in [-0.4, -0.2) is 49.7 Å². The number of hydrogen-bond acceptors (Lipinski definition) is 7. The van der Waals surface area contributed by atoms with Crippen LogP contribution >= 0.6 is 0 Å². The van der Waals surface area contributed by atoms with Gasteiger partial charge in [-0.15, -0.1) is 0 Å². The highest BCUT2D eigenvalue weighted by Gasteiger charge is 2.52. The van der Waals surface area contributed by atoms with E-state index in [4.69, 9.17) is 28.4 Å². The van der Waals surface area contributed by atoms with Crippen LogP contribution in [-0.2, 0) is 53.0 Å². The van der Waals surface area contributed by atoms with Gasteiger partial charge in [-0.25, -0.2) is 0 Å². The molecule has 1 saturated heterocycles. The molecule has 2 aliphatic heterocycles. The molecular weight excluding hydrogens is 496 g/mol. The Morgan fingerprint density at radius 3 is 1.67 bits per heavy atom. The second kappa shape index (κ2) is 13.6. The van der Waals surface area contributed by atoms with Crippen molar-refractivity contribution in [2.45, 2.75) is 63.1 Å². The van der Waals surface area contributed by atoms with Crippen molar-refractivity contribution in [1.82, 2.24) is 0 Å². The first-order valence-electron chi connectivity index (χ1n) is 13.2. The molecule has 7 heteroatoms. The molecule has 2 heterocycles. The topological polar surface area (TPSA) is 72.5 Å². The summed E-state index contributed by atoms with van der Waals surface area (Å²) in [6, 6.07) is 29.8. The summed E-state index contributed by atoms with van der Waals surface area (Å²) in [6.45, 7) is 1.02. The molecule has 2 aliphatic rings. The zero-order valence-corrected chi connectivity index (χ0v) is 22.0. The summed E-state index contributed by atoms with van der Waals surface area (Å²) in [7, 11) is 1.58. The minimum atomic E-state index is -0.763. The van der Waals surface area contributed by atoms with Gasteiger partial charge in [-0.05, 0) is 16.7 Å². The van der Waals surface area contributed by atoms with Gasteiger partial charge < -0.3 is 28.4 Å². The number of methoxy groups -OCH3 is 1. The minimum Gasteiger partial charge on any atom is -0.495 e. The average molecular weight is 531 g/mol. The third kappa shape index (κ3) is 7.20. The quantitative estimate of drug-likeness (QED) is 0.346. The van der Waals surface area contributed by atoms with Crippen molar-refractivity contribution >= 4 is 5.78 Å². The predicted molar refractivity (Wildman–Crippen MR) is 144 cm³/mol. The Morgan fingerprint density at radius 2 is 1.18 bits per heavy atom. The molecule has 0 N–H and O–H groups in total. The van der Waals surface area contributed by atoms with Gasteiger partial charge in [-0.1, -0.05) is 91.0 Å². The van der Waals surface area contributed by atoms with Gasteiger partial charge in [0.1, 0.15) is 30.5 Å². The molecule has 0 spiro atoms. The molecule has 39 heavy (non-hydrogen) atoms. The predicted octanol–water partition coefficient (Wildman–Crippen LogP) is 4.99. The van der Waals surface area contributed by atoms with Crippen molar-refractivity contribution in [3.8, 4) is 0 Å². The molecule has 204 valence electrons. The number of ether oxygens (including phenoxy) is 6. The van der Waals surface area contributed by atoms with Crippen LogP contribution in [0.3, 0.4) is 0 Å². The maximum Gasteiger partial charge on any atom is 0.186 e. The smallest absolute Gasteiger partial charge is 0.186 e. The van der Waals surface area contributed by atoms with Crippen molar-refractivity contribution < 1.29 is 33.2 Å². The first-order valence-corrected chi connectivity index (χ1v) is 13.2. The highest BCUT2D eigenvalue weighted by molar-refractivity contribution is 5.90. The van der Waals surface area contributed by atoms with E-state index >= 15 is 0 Å². The van der Waals surface area contributed by atoms with E-state index < -0.39 is 36.8 Å². The van der Waals surface area contributed by atoms with Crippen molar-refractivity contribution in [3.63, 3.8) is 0 Å². The van der Waals surface area contributed by atoms with E-state index in [1.807, 2.05) is 91.0 Å². The van der Waals surface area contributed by atoms with Gasteiger partial charge in [-0.2, -0.15) is 0 Å². The summed E-state index contributed by atoms with van der Waals surface area (Å²) < 4.78 is 37.7. The average Bonchev–Trinajstić information content (AvgIpc) is 2.99. The van der Waals surface area contributed by atoms with Gasteiger partial charge >= 0.3 is 0 Å². The fraction of sp³-hybridized carbons (Fsp3) is 0.344. The van der Waals surface area contributed by atoms with Gasteiger partial charge in [0.05, 0.1) is 32.5 Å². The molecule has 0 aromatic heterocycles. The first-order chi connectivity index (χ1) is 19.2. The zero-order chi connectivity index (χ0) is 26.9. The third-order valence-corrected chi connectivity index (χ3v) is 6.90. The third-order valence-electron chi connectivity index (χ3n) is 6.90. The summed E-state index contributed by atoms with van der Waals surface area (Å²) in [5.41, 5.74) is 3.05. The van der Waals surface area contributed by atoms with Crippen LogP contribution in [0.15, 0.2) is 103 Å². The molecule has 5 rings (SSSR count). The zero-order valence-electron chi connectivity index (χ0n) is 22.0. The summed E-state index contributed by atoms with van der Waals surface area (Å²) >= 11 is 0. The van der Waals surface area contributed by atoms with Crippen LogP contribution in [0.4, 0.5) is 0 Å². The Labute approximate surface area is 229 Å². The molecule has 0 radical (unpaired) electrons. The van der Waals surface area contributed by atoms with Crippen molar-refractivity contribution in [3.05, 3.63) is 120 Å². The van der Waals surface area contributed by atoms with Crippen LogP contribution < -0.4 is 0 Å². The Kier molecular flexibility index (Phi) is 9.53. The standard InChI is InChI=1S/C32H34O7/c1-34-32-31(38-22-25-15-9-4-10-16-25)30(37-21-24-13-7-3-8-14-24)29(36-20-23-11-5-2-6-12-23)28(39-32)27-19-26(33)17-18-35-27/h2-18,27-32H,19-22H2,1H3/t27?,28-,29-,30+,31-,32+/m1/s1. The molecule has 0 saturated carbocycles. The number of ketones is 1. The fourth-order valence-corrected chi connectivity index (χ4v) is 4.90. The van der Waals surface area contributed by atoms with Gasteiger partial charge in [0.25, 0.3) is 0 Å². The number of carbonyl (C=O) groups is 1. The number of benzene rings is 3. The van der Waals surface area contributed by atoms with Crippen LogP contribution in [0.5, 0.6) is 0 Å². The highest BCUT2D eigenvalue weighted by Crippen LogP contribution is 2.34. The number of hydrogen-bond donors (Lipinski definition) is 0. The number of carbonyl (C=O) groups excluding carboxylic acids is 1. The lowest BCUT2D eigenvalue weighted by atomic mass is 9.91. The minimum absolute atomic E-state index is 0.0326. The van der Waals surface area contributed by atoms with E-state index in [0.717, 1.165) is 16.7 Å². The highest BCUT2D eigenvalue weighted by atomic mass is 16.7. The van der Waals surface area contributed by atoms with E-state index in [-0.39, 0.29) is 12.2 Å². The summed E-state index contributed by atoms with van der Waals surface area (Å²) in [4.78, 5) is 12.3. The lowest BCUT2D eigenvalue weighted by Crippen LogP contribution is -2.63. The van der Waals surface area contributed by atoms with Crippen LogP contribution in [0, 0.1) is 0 Å². The monoisotopic (exact) mass is 530 g/mol. The SMILES string of the molecule is CO[C@H]1O[C@H](C2CC(=O)C=CO2)[C@@H](OCc2ccccc2)[C@H](OCc2ccccc2)[C@H]1OCc1ccccc1. The van der Waals surface area contributed by atoms with Gasteiger partial charge in [0, 0.05) is 13.2 Å². The lowest BCUT2D eigenvalue weighted by molar-refractivity contribution is -0.329. The van der Waals surface area contributed by atoms with Crippen LogP contribution in [0.2, 0.25) is 0 Å². The Balaban J connectivity index is 1.45. The Bertz CT molecular complexity index is 1180. The molecule has 1 unspecified atom stereocenters. The normalized spacial score (nSPS) is 26.7. The van der Waals surface area contributed by atoms with Crippen LogP contribution in [0.1, 0.15) is 23.1 Å². The van der Waals surface area contributed by atoms with Crippen molar-refractivity contribution in [1.29, 1.82) is 0 Å². The van der Waals surface area contributed by atoms with Crippen molar-refractivity contribution in [2.75, 3.05) is 7.11 Å². The van der Waals surface area contributed by atoms with Crippen LogP contribution in [0.25, 0.3) is 0 Å². The molecule has 0 aliphatic carbocycles. The van der Waals surface area contributed by atoms with E-state index in [0.29, 0.717) is 19.8 Å². The van der Waals surface area contributed by atoms with E-state index in [2.05, 4.69) is 0 Å². The molecule has 1 fully saturated rings. The number of rotatable bonds is 11. The second-order valence-corrected chi connectivity index (χ2v) is 9.64. The maximum atomic E-state index is 12.3. The second-order valence-electron chi connectivity index (χ2n) is 9.64. The largest absolute Gasteiger partial charge is 0.495 e. The molecule has 6 atom stereocenters. The molecule has 0 bridgehead atoms. The van der Waals surface area contributed by atoms with Gasteiger partial charge in [0.2, 0.25) is 0 Å². The fourth-order valence-electron chi connectivity index (χ4n) is 4.90. The van der Waals surface area contributed by atoms with E-state index in [1.54, 1.807) is 7.11 Å². The summed E-state index contributed by atoms with van der Waals surface area (Å²) in [6.07, 6.45) is -0.717. The lowest BCUT2D eigenvalue weighted by Gasteiger charge is -2.47.